The van der Waals surface area contributed by atoms with E-state index in [0.29, 0.717) is 0 Å². The van der Waals surface area contributed by atoms with Crippen LogP contribution in [0.15, 0.2) is 152 Å². The van der Waals surface area contributed by atoms with Crippen LogP contribution in [0.25, 0.3) is 33.0 Å². The first-order valence-electron chi connectivity index (χ1n) is 15.8. The van der Waals surface area contributed by atoms with Gasteiger partial charge in [-0.25, -0.2) is 0 Å². The fourth-order valence-corrected chi connectivity index (χ4v) is 7.44. The van der Waals surface area contributed by atoms with Crippen molar-refractivity contribution in [2.24, 2.45) is 0 Å². The Labute approximate surface area is 266 Å². The summed E-state index contributed by atoms with van der Waals surface area (Å²) >= 11 is 0. The Morgan fingerprint density at radius 1 is 0.422 bits per heavy atom. The van der Waals surface area contributed by atoms with E-state index in [2.05, 4.69) is 177 Å². The van der Waals surface area contributed by atoms with Gasteiger partial charge in [-0.2, -0.15) is 0 Å². The summed E-state index contributed by atoms with van der Waals surface area (Å²) in [5.41, 5.74) is 16.6. The van der Waals surface area contributed by atoms with Gasteiger partial charge in [0.1, 0.15) is 0 Å². The van der Waals surface area contributed by atoms with E-state index in [1.807, 2.05) is 0 Å². The van der Waals surface area contributed by atoms with Crippen molar-refractivity contribution in [3.8, 4) is 22.3 Å². The quantitative estimate of drug-likeness (QED) is 0.189. The van der Waals surface area contributed by atoms with Gasteiger partial charge in [0.15, 0.2) is 0 Å². The van der Waals surface area contributed by atoms with E-state index < -0.39 is 0 Å². The fourth-order valence-electron chi connectivity index (χ4n) is 7.44. The van der Waals surface area contributed by atoms with Crippen LogP contribution in [0.4, 0.5) is 17.1 Å². The summed E-state index contributed by atoms with van der Waals surface area (Å²) in [6, 6.07) is 55.8. The average molecular weight is 576 g/mol. The first-order valence-corrected chi connectivity index (χ1v) is 15.8. The summed E-state index contributed by atoms with van der Waals surface area (Å²) in [5.74, 6) is 0. The Bertz CT molecular complexity index is 2160. The molecule has 2 heteroatoms. The number of hydrogen-bond donors (Lipinski definition) is 0. The number of rotatable bonds is 4. The molecule has 0 spiro atoms. The van der Waals surface area contributed by atoms with Gasteiger partial charge in [-0.3, -0.25) is 0 Å². The van der Waals surface area contributed by atoms with Crippen molar-refractivity contribution in [1.82, 2.24) is 0 Å². The largest absolute Gasteiger partial charge is 0.311 e. The topological polar surface area (TPSA) is 3.24 Å². The number of hydrogen-bond acceptors (Lipinski definition) is 1. The van der Waals surface area contributed by atoms with Crippen LogP contribution < -0.4 is 21.3 Å². The number of anilines is 3. The molecule has 0 saturated heterocycles. The lowest BCUT2D eigenvalue weighted by atomic mass is 9.33. The molecule has 45 heavy (non-hydrogen) atoms. The zero-order chi connectivity index (χ0) is 30.5. The molecule has 0 atom stereocenters. The maximum absolute atomic E-state index is 2.48. The van der Waals surface area contributed by atoms with Crippen molar-refractivity contribution in [2.75, 3.05) is 4.90 Å². The minimum absolute atomic E-state index is 0.101. The molecule has 7 aromatic carbocycles. The Hall–Kier alpha value is -5.34. The fraction of sp³-hybridized carbons (Fsp3) is 0.0698. The molecule has 0 unspecified atom stereocenters. The summed E-state index contributed by atoms with van der Waals surface area (Å²) in [6.45, 7) is 6.87. The van der Waals surface area contributed by atoms with Crippen molar-refractivity contribution in [1.29, 1.82) is 0 Å². The lowest BCUT2D eigenvalue weighted by Gasteiger charge is -2.38. The minimum Gasteiger partial charge on any atom is -0.311 e. The highest BCUT2D eigenvalue weighted by Crippen LogP contribution is 2.39. The van der Waals surface area contributed by atoms with Crippen LogP contribution in [0.1, 0.15) is 16.7 Å². The molecule has 7 aromatic rings. The third-order valence-electron chi connectivity index (χ3n) is 9.39. The van der Waals surface area contributed by atoms with Gasteiger partial charge < -0.3 is 4.90 Å². The van der Waals surface area contributed by atoms with Gasteiger partial charge in [-0.05, 0) is 89.0 Å². The van der Waals surface area contributed by atoms with Crippen LogP contribution >= 0.6 is 0 Å². The first-order chi connectivity index (χ1) is 22.0. The Morgan fingerprint density at radius 2 is 0.933 bits per heavy atom. The maximum atomic E-state index is 2.48. The summed E-state index contributed by atoms with van der Waals surface area (Å²) in [4.78, 5) is 2.48. The van der Waals surface area contributed by atoms with Crippen molar-refractivity contribution in [3.05, 3.63) is 168 Å². The van der Waals surface area contributed by atoms with Crippen LogP contribution in [0.3, 0.4) is 0 Å². The summed E-state index contributed by atoms with van der Waals surface area (Å²) < 4.78 is 0. The highest BCUT2D eigenvalue weighted by atomic mass is 15.1. The predicted molar refractivity (Wildman–Crippen MR) is 195 cm³/mol. The third kappa shape index (κ3) is 4.74. The summed E-state index contributed by atoms with van der Waals surface area (Å²) in [7, 11) is 0. The van der Waals surface area contributed by atoms with Crippen LogP contribution in [0.5, 0.6) is 0 Å². The predicted octanol–water partition coefficient (Wildman–Crippen LogP) is 9.40. The molecule has 214 valence electrons. The van der Waals surface area contributed by atoms with E-state index in [4.69, 9.17) is 0 Å². The molecule has 0 bridgehead atoms. The summed E-state index contributed by atoms with van der Waals surface area (Å²) in [5, 5.41) is 2.52. The van der Waals surface area contributed by atoms with E-state index in [9.17, 15) is 0 Å². The van der Waals surface area contributed by atoms with Crippen molar-refractivity contribution in [3.63, 3.8) is 0 Å². The second-order valence-corrected chi connectivity index (χ2v) is 12.4. The van der Waals surface area contributed by atoms with Gasteiger partial charge in [0.2, 0.25) is 6.71 Å². The van der Waals surface area contributed by atoms with E-state index in [1.54, 1.807) is 0 Å². The van der Waals surface area contributed by atoms with E-state index in [-0.39, 0.29) is 6.71 Å². The molecule has 0 aliphatic carbocycles. The molecule has 1 aliphatic rings. The van der Waals surface area contributed by atoms with Gasteiger partial charge in [0.25, 0.3) is 0 Å². The minimum atomic E-state index is 0.101. The van der Waals surface area contributed by atoms with Crippen LogP contribution in [-0.2, 0) is 0 Å². The Balaban J connectivity index is 1.41. The van der Waals surface area contributed by atoms with Gasteiger partial charge in [-0.1, -0.05) is 150 Å². The molecule has 8 rings (SSSR count). The first kappa shape index (κ1) is 27.2. The molecule has 0 saturated carbocycles. The normalized spacial score (nSPS) is 12.2. The van der Waals surface area contributed by atoms with Crippen LogP contribution in [0, 0.1) is 20.8 Å². The Morgan fingerprint density at radius 3 is 1.58 bits per heavy atom. The highest BCUT2D eigenvalue weighted by Gasteiger charge is 2.37. The number of nitrogens with zero attached hydrogens (tertiary/aromatic N) is 1. The second kappa shape index (κ2) is 11.0. The van der Waals surface area contributed by atoms with Gasteiger partial charge in [0, 0.05) is 17.1 Å². The van der Waals surface area contributed by atoms with Crippen molar-refractivity contribution < 1.29 is 0 Å². The number of benzene rings is 7. The smallest absolute Gasteiger partial charge is 0.247 e. The molecule has 0 radical (unpaired) electrons. The maximum Gasteiger partial charge on any atom is 0.247 e. The molecule has 0 N–H and O–H groups in total. The van der Waals surface area contributed by atoms with E-state index >= 15 is 0 Å². The van der Waals surface area contributed by atoms with E-state index in [1.165, 1.54) is 77.5 Å². The van der Waals surface area contributed by atoms with Crippen molar-refractivity contribution >= 4 is 50.9 Å². The van der Waals surface area contributed by atoms with Gasteiger partial charge >= 0.3 is 0 Å². The molecular weight excluding hydrogens is 541 g/mol. The third-order valence-corrected chi connectivity index (χ3v) is 9.39. The lowest BCUT2D eigenvalue weighted by Crippen LogP contribution is -2.58. The second-order valence-electron chi connectivity index (χ2n) is 12.4. The molecule has 1 aliphatic heterocycles. The molecule has 1 heterocycles. The Kier molecular flexibility index (Phi) is 6.65. The number of fused-ring (bicyclic) bond motifs is 3. The SMILES string of the molecule is Cc1cc(C)c(B2c3cc(-c4ccccc4)ccc3N(c3ccc(-c4ccccc4)cc3)c3cc4ccccc4cc32)c(C)c1. The number of aryl methyl sites for hydroxylation is 3. The zero-order valence-electron chi connectivity index (χ0n) is 26.0. The van der Waals surface area contributed by atoms with Gasteiger partial charge in [-0.15, -0.1) is 0 Å². The zero-order valence-corrected chi connectivity index (χ0v) is 26.0. The van der Waals surface area contributed by atoms with Crippen LogP contribution in [0.2, 0.25) is 0 Å². The highest BCUT2D eigenvalue weighted by molar-refractivity contribution is 6.98. The summed E-state index contributed by atoms with van der Waals surface area (Å²) in [6.07, 6.45) is 0. The molecule has 1 nitrogen and oxygen atoms in total. The van der Waals surface area contributed by atoms with Crippen molar-refractivity contribution in [2.45, 2.75) is 20.8 Å². The molecule has 0 amide bonds. The van der Waals surface area contributed by atoms with Gasteiger partial charge in [0.05, 0.1) is 0 Å². The monoisotopic (exact) mass is 575 g/mol. The average Bonchev–Trinajstić information content (AvgIpc) is 3.07. The molecule has 0 aromatic heterocycles. The molecular formula is C43H34BN. The molecule has 0 fully saturated rings. The standard InChI is InChI=1S/C43H34BN/c1-29-24-30(2)43(31(3)25-29)44-39-27-37(33-14-8-5-9-15-33)20-23-41(39)45(42-28-36-17-11-10-16-35(36)26-40(42)44)38-21-18-34(19-22-38)32-12-6-4-7-13-32/h4-28H,1-3H3. The lowest BCUT2D eigenvalue weighted by molar-refractivity contribution is 1.29. The van der Waals surface area contributed by atoms with Crippen LogP contribution in [-0.4, -0.2) is 6.71 Å². The van der Waals surface area contributed by atoms with E-state index in [0.717, 1.165) is 5.69 Å².